The highest BCUT2D eigenvalue weighted by molar-refractivity contribution is 7.89. The van der Waals surface area contributed by atoms with Gasteiger partial charge >= 0.3 is 0 Å². The smallest absolute Gasteiger partial charge is 0.246 e. The van der Waals surface area contributed by atoms with Crippen LogP contribution in [0.2, 0.25) is 0 Å². The number of piperazine rings is 1. The van der Waals surface area contributed by atoms with Gasteiger partial charge in [-0.15, -0.1) is 0 Å². The van der Waals surface area contributed by atoms with E-state index in [-0.39, 0.29) is 29.0 Å². The average molecular weight is 488 g/mol. The minimum Gasteiger partial charge on any atom is -0.497 e. The van der Waals surface area contributed by atoms with Crippen molar-refractivity contribution >= 4 is 15.9 Å². The highest BCUT2D eigenvalue weighted by atomic mass is 32.2. The molecular weight excluding hydrogens is 454 g/mol. The van der Waals surface area contributed by atoms with E-state index in [9.17, 15) is 13.2 Å². The van der Waals surface area contributed by atoms with Crippen molar-refractivity contribution in [2.24, 2.45) is 5.92 Å². The second-order valence-corrected chi connectivity index (χ2v) is 10.7. The van der Waals surface area contributed by atoms with Gasteiger partial charge in [-0.1, -0.05) is 30.3 Å². The topological polar surface area (TPSA) is 79.4 Å². The van der Waals surface area contributed by atoms with Crippen molar-refractivity contribution in [3.8, 4) is 11.5 Å². The molecule has 0 spiro atoms. The first-order valence-corrected chi connectivity index (χ1v) is 13.1. The van der Waals surface area contributed by atoms with Gasteiger partial charge in [-0.2, -0.15) is 4.31 Å². The maximum absolute atomic E-state index is 13.5. The van der Waals surface area contributed by atoms with Crippen molar-refractivity contribution < 1.29 is 22.7 Å². The van der Waals surface area contributed by atoms with Gasteiger partial charge < -0.3 is 14.4 Å². The summed E-state index contributed by atoms with van der Waals surface area (Å²) in [4.78, 5) is 17.6. The van der Waals surface area contributed by atoms with Crippen LogP contribution in [0.15, 0.2) is 53.4 Å². The zero-order valence-corrected chi connectivity index (χ0v) is 20.7. The zero-order valence-electron chi connectivity index (χ0n) is 19.9. The highest BCUT2D eigenvalue weighted by Crippen LogP contribution is 2.33. The van der Waals surface area contributed by atoms with Crippen molar-refractivity contribution in [3.63, 3.8) is 0 Å². The number of benzene rings is 2. The Morgan fingerprint density at radius 3 is 2.38 bits per heavy atom. The predicted molar refractivity (Wildman–Crippen MR) is 129 cm³/mol. The van der Waals surface area contributed by atoms with Crippen LogP contribution in [0.5, 0.6) is 11.5 Å². The van der Waals surface area contributed by atoms with Crippen molar-refractivity contribution in [1.82, 2.24) is 14.1 Å². The van der Waals surface area contributed by atoms with Gasteiger partial charge in [-0.3, -0.25) is 9.69 Å². The lowest BCUT2D eigenvalue weighted by atomic mass is 9.97. The summed E-state index contributed by atoms with van der Waals surface area (Å²) in [6, 6.07) is 15.1. The molecule has 0 aromatic heterocycles. The van der Waals surface area contributed by atoms with E-state index in [0.717, 1.165) is 19.6 Å². The van der Waals surface area contributed by atoms with Gasteiger partial charge in [-0.05, 0) is 30.5 Å². The SMILES string of the molecule is COc1ccc(OC)c(S(=O)(=O)N2CCC[C@H](C(=O)N3CCN(Cc4ccccc4)CC3)C2)c1. The number of piperidine rings is 1. The number of carbonyl (C=O) groups excluding carboxylic acids is 1. The Balaban J connectivity index is 1.39. The van der Waals surface area contributed by atoms with E-state index in [1.165, 1.54) is 30.2 Å². The molecule has 2 saturated heterocycles. The monoisotopic (exact) mass is 487 g/mol. The summed E-state index contributed by atoms with van der Waals surface area (Å²) in [7, 11) is -0.890. The number of amides is 1. The third-order valence-corrected chi connectivity index (χ3v) is 8.54. The van der Waals surface area contributed by atoms with Gasteiger partial charge in [0.05, 0.1) is 20.1 Å². The van der Waals surface area contributed by atoms with Gasteiger partial charge in [-0.25, -0.2) is 8.42 Å². The Hall–Kier alpha value is -2.62. The molecular formula is C25H33N3O5S. The van der Waals surface area contributed by atoms with Crippen LogP contribution < -0.4 is 9.47 Å². The molecule has 2 aliphatic rings. The van der Waals surface area contributed by atoms with E-state index >= 15 is 0 Å². The fourth-order valence-corrected chi connectivity index (χ4v) is 6.41. The fraction of sp³-hybridized carbons (Fsp3) is 0.480. The molecule has 0 aliphatic carbocycles. The van der Waals surface area contributed by atoms with Crippen molar-refractivity contribution in [2.45, 2.75) is 24.3 Å². The number of hydrogen-bond donors (Lipinski definition) is 0. The summed E-state index contributed by atoms with van der Waals surface area (Å²) in [6.07, 6.45) is 1.35. The molecule has 9 heteroatoms. The van der Waals surface area contributed by atoms with Crippen LogP contribution in [-0.2, 0) is 21.4 Å². The van der Waals surface area contributed by atoms with Crippen LogP contribution in [0.25, 0.3) is 0 Å². The number of ether oxygens (including phenoxy) is 2. The molecule has 2 heterocycles. The molecule has 0 bridgehead atoms. The Morgan fingerprint density at radius 2 is 1.71 bits per heavy atom. The van der Waals surface area contributed by atoms with E-state index < -0.39 is 10.0 Å². The van der Waals surface area contributed by atoms with Crippen molar-refractivity contribution in [3.05, 3.63) is 54.1 Å². The molecule has 1 amide bonds. The van der Waals surface area contributed by atoms with Gasteiger partial charge in [0.15, 0.2) is 0 Å². The molecule has 2 aromatic rings. The van der Waals surface area contributed by atoms with Crippen LogP contribution in [0.1, 0.15) is 18.4 Å². The molecule has 2 aliphatic heterocycles. The number of methoxy groups -OCH3 is 2. The minimum absolute atomic E-state index is 0.0527. The van der Waals surface area contributed by atoms with E-state index in [0.29, 0.717) is 38.2 Å². The maximum atomic E-state index is 13.5. The Labute approximate surface area is 202 Å². The quantitative estimate of drug-likeness (QED) is 0.597. The number of rotatable bonds is 7. The first-order chi connectivity index (χ1) is 16.4. The Morgan fingerprint density at radius 1 is 0.971 bits per heavy atom. The van der Waals surface area contributed by atoms with E-state index in [1.807, 2.05) is 23.1 Å². The predicted octanol–water partition coefficient (Wildman–Crippen LogP) is 2.45. The lowest BCUT2D eigenvalue weighted by Crippen LogP contribution is -2.52. The minimum atomic E-state index is -3.83. The van der Waals surface area contributed by atoms with Crippen LogP contribution in [-0.4, -0.2) is 81.9 Å². The molecule has 2 fully saturated rings. The largest absolute Gasteiger partial charge is 0.497 e. The molecule has 0 N–H and O–H groups in total. The summed E-state index contributed by atoms with van der Waals surface area (Å²) in [5.74, 6) is 0.429. The summed E-state index contributed by atoms with van der Waals surface area (Å²) < 4.78 is 38.8. The number of hydrogen-bond acceptors (Lipinski definition) is 6. The summed E-state index contributed by atoms with van der Waals surface area (Å²) in [6.45, 7) is 4.41. The molecule has 1 atom stereocenters. The summed E-state index contributed by atoms with van der Waals surface area (Å²) in [5, 5.41) is 0. The summed E-state index contributed by atoms with van der Waals surface area (Å²) in [5.41, 5.74) is 1.27. The van der Waals surface area contributed by atoms with Crippen LogP contribution in [0, 0.1) is 5.92 Å². The van der Waals surface area contributed by atoms with E-state index in [2.05, 4.69) is 17.0 Å². The highest BCUT2D eigenvalue weighted by Gasteiger charge is 2.37. The molecule has 2 aromatic carbocycles. The standard InChI is InChI=1S/C25H33N3O5S/c1-32-22-10-11-23(33-2)24(17-22)34(30,31)28-12-6-9-21(19-28)25(29)27-15-13-26(14-16-27)18-20-7-4-3-5-8-20/h3-5,7-8,10-11,17,21H,6,9,12-16,18-19H2,1-2H3/t21-/m0/s1. The normalized spacial score (nSPS) is 20.2. The van der Waals surface area contributed by atoms with Crippen LogP contribution in [0.3, 0.4) is 0 Å². The van der Waals surface area contributed by atoms with Gasteiger partial charge in [0.25, 0.3) is 0 Å². The molecule has 34 heavy (non-hydrogen) atoms. The number of nitrogens with zero attached hydrogens (tertiary/aromatic N) is 3. The average Bonchev–Trinajstić information content (AvgIpc) is 2.89. The van der Waals surface area contributed by atoms with Crippen molar-refractivity contribution in [2.75, 3.05) is 53.5 Å². The van der Waals surface area contributed by atoms with Gasteiger partial charge in [0, 0.05) is 51.9 Å². The first kappa shape index (κ1) is 24.5. The molecule has 184 valence electrons. The summed E-state index contributed by atoms with van der Waals surface area (Å²) >= 11 is 0. The Kier molecular flexibility index (Phi) is 7.75. The van der Waals surface area contributed by atoms with Gasteiger partial charge in [0.2, 0.25) is 15.9 Å². The first-order valence-electron chi connectivity index (χ1n) is 11.7. The number of sulfonamides is 1. The maximum Gasteiger partial charge on any atom is 0.246 e. The lowest BCUT2D eigenvalue weighted by molar-refractivity contribution is -0.138. The van der Waals surface area contributed by atoms with Crippen LogP contribution >= 0.6 is 0 Å². The van der Waals surface area contributed by atoms with Crippen LogP contribution in [0.4, 0.5) is 0 Å². The second-order valence-electron chi connectivity index (χ2n) is 8.81. The van der Waals surface area contributed by atoms with E-state index in [1.54, 1.807) is 12.1 Å². The third-order valence-electron chi connectivity index (χ3n) is 6.65. The molecule has 8 nitrogen and oxygen atoms in total. The third kappa shape index (κ3) is 5.37. The number of carbonyl (C=O) groups is 1. The van der Waals surface area contributed by atoms with Crippen molar-refractivity contribution in [1.29, 1.82) is 0 Å². The molecule has 4 rings (SSSR count). The fourth-order valence-electron chi connectivity index (χ4n) is 4.71. The molecule has 0 unspecified atom stereocenters. The second kappa shape index (κ2) is 10.8. The molecule has 0 radical (unpaired) electrons. The van der Waals surface area contributed by atoms with Gasteiger partial charge in [0.1, 0.15) is 16.4 Å². The zero-order chi connectivity index (χ0) is 24.1. The Bertz CT molecular complexity index is 1080. The van der Waals surface area contributed by atoms with E-state index in [4.69, 9.17) is 9.47 Å². The lowest BCUT2D eigenvalue weighted by Gasteiger charge is -2.38. The molecule has 0 saturated carbocycles.